The minimum absolute atomic E-state index is 0.0252. The Bertz CT molecular complexity index is 589. The molecule has 0 aliphatic rings. The molecule has 0 aromatic carbocycles. The van der Waals surface area contributed by atoms with E-state index in [4.69, 9.17) is 10.8 Å². The Balaban J connectivity index is 3.35. The second-order valence-corrected chi connectivity index (χ2v) is 5.67. The number of aromatic nitrogens is 2. The van der Waals surface area contributed by atoms with Crippen LogP contribution < -0.4 is 22.3 Å². The van der Waals surface area contributed by atoms with Crippen molar-refractivity contribution in [3.8, 4) is 0 Å². The number of rotatable bonds is 7. The number of anilines is 2. The van der Waals surface area contributed by atoms with E-state index in [1.54, 1.807) is 0 Å². The Kier molecular flexibility index (Phi) is 6.02. The van der Waals surface area contributed by atoms with Crippen LogP contribution in [0.25, 0.3) is 0 Å². The zero-order valence-electron chi connectivity index (χ0n) is 13.2. The molecule has 4 N–H and O–H groups in total. The van der Waals surface area contributed by atoms with E-state index in [-0.39, 0.29) is 30.1 Å². The maximum absolute atomic E-state index is 12.2. The van der Waals surface area contributed by atoms with E-state index >= 15 is 0 Å². The highest BCUT2D eigenvalue weighted by Gasteiger charge is 2.18. The van der Waals surface area contributed by atoms with Crippen molar-refractivity contribution in [1.82, 2.24) is 9.13 Å². The van der Waals surface area contributed by atoms with Crippen LogP contribution in [0.15, 0.2) is 9.59 Å². The van der Waals surface area contributed by atoms with E-state index in [9.17, 15) is 9.59 Å². The van der Waals surface area contributed by atoms with Gasteiger partial charge in [-0.25, -0.2) is 4.79 Å². The van der Waals surface area contributed by atoms with Crippen molar-refractivity contribution in [2.75, 3.05) is 17.7 Å². The zero-order valence-corrected chi connectivity index (χ0v) is 13.2. The normalized spacial score (nSPS) is 12.7. The molecule has 7 heteroatoms. The van der Waals surface area contributed by atoms with Crippen LogP contribution in [0.5, 0.6) is 0 Å². The number of aliphatic hydroxyl groups excluding tert-OH is 1. The van der Waals surface area contributed by atoms with Crippen molar-refractivity contribution in [2.45, 2.75) is 46.2 Å². The molecular formula is C14H26N4O3. The molecule has 1 rings (SSSR count). The van der Waals surface area contributed by atoms with Gasteiger partial charge < -0.3 is 16.2 Å². The SMILES string of the molecule is CCC(CCO)Nc1c(N)n(CC(C)C)c(=O)n(C)c1=O. The lowest BCUT2D eigenvalue weighted by Crippen LogP contribution is -2.42. The zero-order chi connectivity index (χ0) is 16.2. The Morgan fingerprint density at radius 1 is 1.33 bits per heavy atom. The molecule has 1 aromatic rings. The molecule has 0 saturated carbocycles. The molecular weight excluding hydrogens is 272 g/mol. The lowest BCUT2D eigenvalue weighted by Gasteiger charge is -2.21. The third-order valence-corrected chi connectivity index (χ3v) is 3.45. The van der Waals surface area contributed by atoms with Gasteiger partial charge in [-0.05, 0) is 18.8 Å². The van der Waals surface area contributed by atoms with Crippen molar-refractivity contribution in [1.29, 1.82) is 0 Å². The van der Waals surface area contributed by atoms with E-state index in [1.807, 2.05) is 20.8 Å². The van der Waals surface area contributed by atoms with Crippen LogP contribution in [0, 0.1) is 5.92 Å². The van der Waals surface area contributed by atoms with Crippen LogP contribution in [-0.2, 0) is 13.6 Å². The number of hydrogen-bond donors (Lipinski definition) is 3. The van der Waals surface area contributed by atoms with Crippen LogP contribution >= 0.6 is 0 Å². The maximum atomic E-state index is 12.2. The molecule has 0 saturated heterocycles. The molecule has 0 spiro atoms. The molecule has 1 heterocycles. The number of aliphatic hydroxyl groups is 1. The molecule has 1 unspecified atom stereocenters. The molecule has 0 aliphatic heterocycles. The maximum Gasteiger partial charge on any atom is 0.332 e. The summed E-state index contributed by atoms with van der Waals surface area (Å²) in [6.07, 6.45) is 1.26. The summed E-state index contributed by atoms with van der Waals surface area (Å²) in [7, 11) is 1.44. The standard InChI is InChI=1S/C14H26N4O3/c1-5-10(6-7-19)16-11-12(15)18(8-9(2)3)14(21)17(4)13(11)20/h9-10,16,19H,5-8,15H2,1-4H3. The van der Waals surface area contributed by atoms with Gasteiger partial charge in [-0.15, -0.1) is 0 Å². The minimum Gasteiger partial charge on any atom is -0.396 e. The summed E-state index contributed by atoms with van der Waals surface area (Å²) in [6, 6.07) is -0.0602. The van der Waals surface area contributed by atoms with Gasteiger partial charge in [0.1, 0.15) is 11.5 Å². The smallest absolute Gasteiger partial charge is 0.332 e. The first-order valence-electron chi connectivity index (χ1n) is 7.30. The second-order valence-electron chi connectivity index (χ2n) is 5.67. The predicted molar refractivity (Wildman–Crippen MR) is 84.6 cm³/mol. The lowest BCUT2D eigenvalue weighted by molar-refractivity contribution is 0.278. The fourth-order valence-corrected chi connectivity index (χ4v) is 2.20. The fraction of sp³-hybridized carbons (Fsp3) is 0.714. The van der Waals surface area contributed by atoms with Crippen LogP contribution in [0.4, 0.5) is 11.5 Å². The summed E-state index contributed by atoms with van der Waals surface area (Å²) in [6.45, 7) is 6.38. The van der Waals surface area contributed by atoms with E-state index in [1.165, 1.54) is 11.6 Å². The third kappa shape index (κ3) is 3.87. The van der Waals surface area contributed by atoms with Crippen LogP contribution in [0.3, 0.4) is 0 Å². The summed E-state index contributed by atoms with van der Waals surface area (Å²) < 4.78 is 2.48. The second kappa shape index (κ2) is 7.31. The molecule has 0 aliphatic carbocycles. The molecule has 1 atom stereocenters. The number of hydrogen-bond acceptors (Lipinski definition) is 5. The van der Waals surface area contributed by atoms with Crippen LogP contribution in [-0.4, -0.2) is 26.9 Å². The molecule has 120 valence electrons. The van der Waals surface area contributed by atoms with Gasteiger partial charge in [0.25, 0.3) is 5.56 Å². The average molecular weight is 298 g/mol. The summed E-state index contributed by atoms with van der Waals surface area (Å²) in [5, 5.41) is 12.1. The number of nitrogen functional groups attached to an aromatic ring is 1. The predicted octanol–water partition coefficient (Wildman–Crippen LogP) is 0.358. The first-order valence-corrected chi connectivity index (χ1v) is 7.30. The fourth-order valence-electron chi connectivity index (χ4n) is 2.20. The minimum atomic E-state index is -0.436. The van der Waals surface area contributed by atoms with E-state index in [2.05, 4.69) is 5.32 Å². The van der Waals surface area contributed by atoms with Crippen molar-refractivity contribution in [3.63, 3.8) is 0 Å². The largest absolute Gasteiger partial charge is 0.396 e. The first-order chi connectivity index (χ1) is 9.83. The highest BCUT2D eigenvalue weighted by Crippen LogP contribution is 2.15. The Morgan fingerprint density at radius 3 is 2.43 bits per heavy atom. The topological polar surface area (TPSA) is 102 Å². The van der Waals surface area contributed by atoms with Gasteiger partial charge in [-0.3, -0.25) is 13.9 Å². The first kappa shape index (κ1) is 17.3. The van der Waals surface area contributed by atoms with Gasteiger partial charge in [-0.2, -0.15) is 0 Å². The number of nitrogens with one attached hydrogen (secondary N) is 1. The Hall–Kier alpha value is -1.76. The number of nitrogens with zero attached hydrogens (tertiary/aromatic N) is 2. The Labute approximate surface area is 124 Å². The van der Waals surface area contributed by atoms with Gasteiger partial charge in [-0.1, -0.05) is 20.8 Å². The molecule has 7 nitrogen and oxygen atoms in total. The van der Waals surface area contributed by atoms with E-state index in [0.29, 0.717) is 13.0 Å². The van der Waals surface area contributed by atoms with E-state index < -0.39 is 11.2 Å². The Morgan fingerprint density at radius 2 is 1.95 bits per heavy atom. The van der Waals surface area contributed by atoms with Crippen molar-refractivity contribution in [3.05, 3.63) is 20.8 Å². The van der Waals surface area contributed by atoms with Crippen LogP contribution in [0.1, 0.15) is 33.6 Å². The van der Waals surface area contributed by atoms with E-state index in [0.717, 1.165) is 11.0 Å². The molecule has 21 heavy (non-hydrogen) atoms. The summed E-state index contributed by atoms with van der Waals surface area (Å²) >= 11 is 0. The van der Waals surface area contributed by atoms with Gasteiger partial charge in [0.2, 0.25) is 0 Å². The van der Waals surface area contributed by atoms with Gasteiger partial charge >= 0.3 is 5.69 Å². The lowest BCUT2D eigenvalue weighted by atomic mass is 10.1. The summed E-state index contributed by atoms with van der Waals surface area (Å²) in [5.41, 5.74) is 5.41. The molecule has 0 amide bonds. The van der Waals surface area contributed by atoms with Gasteiger partial charge in [0.05, 0.1) is 0 Å². The molecule has 0 radical (unpaired) electrons. The van der Waals surface area contributed by atoms with Crippen LogP contribution in [0.2, 0.25) is 0 Å². The van der Waals surface area contributed by atoms with Gasteiger partial charge in [0, 0.05) is 26.2 Å². The molecule has 1 aromatic heterocycles. The molecule has 0 bridgehead atoms. The highest BCUT2D eigenvalue weighted by molar-refractivity contribution is 5.61. The van der Waals surface area contributed by atoms with Crippen molar-refractivity contribution < 1.29 is 5.11 Å². The average Bonchev–Trinajstić information content (AvgIpc) is 2.44. The quantitative estimate of drug-likeness (QED) is 0.674. The highest BCUT2D eigenvalue weighted by atomic mass is 16.3. The monoisotopic (exact) mass is 298 g/mol. The number of nitrogens with two attached hydrogens (primary N) is 1. The molecule has 0 fully saturated rings. The van der Waals surface area contributed by atoms with Gasteiger partial charge in [0.15, 0.2) is 0 Å². The summed E-state index contributed by atoms with van der Waals surface area (Å²) in [5.74, 6) is 0.392. The third-order valence-electron chi connectivity index (χ3n) is 3.45. The van der Waals surface area contributed by atoms with Crippen molar-refractivity contribution >= 4 is 11.5 Å². The van der Waals surface area contributed by atoms with Crippen molar-refractivity contribution in [2.24, 2.45) is 13.0 Å². The summed E-state index contributed by atoms with van der Waals surface area (Å²) in [4.78, 5) is 24.4.